The maximum absolute atomic E-state index is 12.9. The van der Waals surface area contributed by atoms with Crippen molar-refractivity contribution in [3.05, 3.63) is 72.6 Å². The van der Waals surface area contributed by atoms with Crippen LogP contribution < -0.4 is 4.18 Å². The largest absolute Gasteiger partial charge is 0.377 e. The average molecular weight is 350 g/mol. The molecule has 4 aromatic rings. The molecule has 0 bridgehead atoms. The number of hydrogen-bond acceptors (Lipinski definition) is 5. The number of fused-ring (bicyclic) bond motifs is 2. The van der Waals surface area contributed by atoms with Gasteiger partial charge < -0.3 is 4.18 Å². The predicted octanol–water partition coefficient (Wildman–Crippen LogP) is 3.86. The van der Waals surface area contributed by atoms with Gasteiger partial charge in [0.1, 0.15) is 10.4 Å². The number of aryl methyl sites for hydroxylation is 1. The molecule has 0 radical (unpaired) electrons. The summed E-state index contributed by atoms with van der Waals surface area (Å²) >= 11 is 0. The van der Waals surface area contributed by atoms with E-state index in [1.807, 2.05) is 37.3 Å². The van der Waals surface area contributed by atoms with Crippen LogP contribution >= 0.6 is 0 Å². The third-order valence-corrected chi connectivity index (χ3v) is 5.15. The van der Waals surface area contributed by atoms with Crippen molar-refractivity contribution in [1.29, 1.82) is 0 Å². The second-order valence-corrected chi connectivity index (χ2v) is 7.16. The van der Waals surface area contributed by atoms with E-state index < -0.39 is 10.1 Å². The highest BCUT2D eigenvalue weighted by atomic mass is 32.2. The summed E-state index contributed by atoms with van der Waals surface area (Å²) < 4.78 is 31.1. The van der Waals surface area contributed by atoms with Crippen molar-refractivity contribution in [3.8, 4) is 5.75 Å². The normalized spacial score (nSPS) is 11.7. The minimum atomic E-state index is -4.05. The van der Waals surface area contributed by atoms with Crippen LogP contribution in [0.15, 0.2) is 71.8 Å². The molecule has 2 aromatic heterocycles. The molecule has 0 fully saturated rings. The smallest absolute Gasteiger partial charge is 0.341 e. The fraction of sp³-hybridized carbons (Fsp3) is 0.0526. The molecular weight excluding hydrogens is 336 g/mol. The van der Waals surface area contributed by atoms with Crippen molar-refractivity contribution in [2.24, 2.45) is 0 Å². The molecule has 0 saturated heterocycles. The summed E-state index contributed by atoms with van der Waals surface area (Å²) in [5.41, 5.74) is 1.68. The number of aromatic nitrogens is 2. The highest BCUT2D eigenvalue weighted by molar-refractivity contribution is 7.87. The lowest BCUT2D eigenvalue weighted by Gasteiger charge is -2.11. The zero-order valence-electron chi connectivity index (χ0n) is 13.4. The van der Waals surface area contributed by atoms with Crippen LogP contribution in [0.3, 0.4) is 0 Å². The van der Waals surface area contributed by atoms with Gasteiger partial charge in [-0.05, 0) is 31.2 Å². The Hall–Kier alpha value is -2.99. The summed E-state index contributed by atoms with van der Waals surface area (Å²) in [5, 5.41) is 1.55. The van der Waals surface area contributed by atoms with Crippen LogP contribution in [-0.4, -0.2) is 18.4 Å². The number of hydrogen-bond donors (Lipinski definition) is 0. The molecule has 4 rings (SSSR count). The SMILES string of the molecule is Cc1ccc2cccc(OS(=O)(=O)c3cccc4cccnc34)c2n1. The Kier molecular flexibility index (Phi) is 3.62. The number of nitrogens with zero attached hydrogens (tertiary/aromatic N) is 2. The van der Waals surface area contributed by atoms with E-state index in [2.05, 4.69) is 9.97 Å². The van der Waals surface area contributed by atoms with Crippen LogP contribution in [0, 0.1) is 6.92 Å². The van der Waals surface area contributed by atoms with E-state index in [1.54, 1.807) is 30.5 Å². The van der Waals surface area contributed by atoms with Gasteiger partial charge in [0, 0.05) is 22.7 Å². The predicted molar refractivity (Wildman–Crippen MR) is 96.0 cm³/mol. The van der Waals surface area contributed by atoms with Gasteiger partial charge in [-0.3, -0.25) is 4.98 Å². The zero-order chi connectivity index (χ0) is 17.4. The Bertz CT molecular complexity index is 1200. The summed E-state index contributed by atoms with van der Waals surface area (Å²) in [6.45, 7) is 1.85. The zero-order valence-corrected chi connectivity index (χ0v) is 14.2. The fourth-order valence-corrected chi connectivity index (χ4v) is 3.84. The van der Waals surface area contributed by atoms with Crippen molar-refractivity contribution in [2.45, 2.75) is 11.8 Å². The highest BCUT2D eigenvalue weighted by Crippen LogP contribution is 2.29. The van der Waals surface area contributed by atoms with Crippen molar-refractivity contribution in [3.63, 3.8) is 0 Å². The monoisotopic (exact) mass is 350 g/mol. The molecule has 0 saturated carbocycles. The summed E-state index contributed by atoms with van der Waals surface area (Å²) in [6, 6.07) is 17.5. The number of rotatable bonds is 3. The fourth-order valence-electron chi connectivity index (χ4n) is 2.73. The Morgan fingerprint density at radius 3 is 2.40 bits per heavy atom. The summed E-state index contributed by atoms with van der Waals surface area (Å²) in [6.07, 6.45) is 1.56. The highest BCUT2D eigenvalue weighted by Gasteiger charge is 2.22. The molecule has 0 unspecified atom stereocenters. The van der Waals surface area contributed by atoms with Gasteiger partial charge in [-0.25, -0.2) is 4.98 Å². The van der Waals surface area contributed by atoms with Gasteiger partial charge in [-0.2, -0.15) is 8.42 Å². The van der Waals surface area contributed by atoms with Crippen LogP contribution in [0.2, 0.25) is 0 Å². The minimum absolute atomic E-state index is 0.0373. The standard InChI is InChI=1S/C19H14N2O3S/c1-13-10-11-15-5-2-8-16(18(15)21-13)24-25(22,23)17-9-3-6-14-7-4-12-20-19(14)17/h2-12H,1H3. The van der Waals surface area contributed by atoms with Crippen LogP contribution in [0.1, 0.15) is 5.69 Å². The second kappa shape index (κ2) is 5.82. The Morgan fingerprint density at radius 2 is 1.56 bits per heavy atom. The Labute approximate surface area is 145 Å². The first-order valence-corrected chi connectivity index (χ1v) is 9.10. The van der Waals surface area contributed by atoms with Gasteiger partial charge >= 0.3 is 10.1 Å². The van der Waals surface area contributed by atoms with Gasteiger partial charge in [0.05, 0.1) is 5.52 Å². The van der Waals surface area contributed by atoms with Crippen LogP contribution in [-0.2, 0) is 10.1 Å². The number of pyridine rings is 2. The first kappa shape index (κ1) is 15.5. The van der Waals surface area contributed by atoms with Crippen LogP contribution in [0.4, 0.5) is 0 Å². The molecule has 0 aliphatic heterocycles. The molecule has 0 aliphatic carbocycles. The lowest BCUT2D eigenvalue weighted by Crippen LogP contribution is -2.11. The first-order valence-electron chi connectivity index (χ1n) is 7.69. The van der Waals surface area contributed by atoms with E-state index in [0.29, 0.717) is 11.0 Å². The van der Waals surface area contributed by atoms with Crippen molar-refractivity contribution < 1.29 is 12.6 Å². The lowest BCUT2D eigenvalue weighted by atomic mass is 10.2. The molecule has 0 amide bonds. The molecule has 0 spiro atoms. The average Bonchev–Trinajstić information content (AvgIpc) is 2.61. The molecule has 5 nitrogen and oxygen atoms in total. The minimum Gasteiger partial charge on any atom is -0.377 e. The Balaban J connectivity index is 1.86. The Morgan fingerprint density at radius 1 is 0.840 bits per heavy atom. The maximum Gasteiger partial charge on any atom is 0.341 e. The van der Waals surface area contributed by atoms with Gasteiger partial charge in [0.25, 0.3) is 0 Å². The van der Waals surface area contributed by atoms with Gasteiger partial charge in [0.2, 0.25) is 0 Å². The lowest BCUT2D eigenvalue weighted by molar-refractivity contribution is 0.489. The molecule has 6 heteroatoms. The van der Waals surface area contributed by atoms with Crippen molar-refractivity contribution in [2.75, 3.05) is 0 Å². The van der Waals surface area contributed by atoms with Gasteiger partial charge in [-0.1, -0.05) is 36.4 Å². The molecule has 0 aliphatic rings. The first-order chi connectivity index (χ1) is 12.0. The number of para-hydroxylation sites is 2. The van der Waals surface area contributed by atoms with E-state index in [-0.39, 0.29) is 10.6 Å². The molecular formula is C19H14N2O3S. The quantitative estimate of drug-likeness (QED) is 0.525. The van der Waals surface area contributed by atoms with Crippen LogP contribution in [0.5, 0.6) is 5.75 Å². The van der Waals surface area contributed by atoms with Crippen molar-refractivity contribution in [1.82, 2.24) is 9.97 Å². The third kappa shape index (κ3) is 2.81. The molecule has 124 valence electrons. The van der Waals surface area contributed by atoms with Gasteiger partial charge in [-0.15, -0.1) is 0 Å². The molecule has 0 N–H and O–H groups in total. The maximum atomic E-state index is 12.9. The molecule has 2 aromatic carbocycles. The summed E-state index contributed by atoms with van der Waals surface area (Å²) in [7, 11) is -4.05. The summed E-state index contributed by atoms with van der Waals surface area (Å²) in [4.78, 5) is 8.64. The molecule has 2 heterocycles. The number of benzene rings is 2. The van der Waals surface area contributed by atoms with E-state index in [0.717, 1.165) is 16.5 Å². The van der Waals surface area contributed by atoms with E-state index in [9.17, 15) is 8.42 Å². The van der Waals surface area contributed by atoms with Crippen molar-refractivity contribution >= 4 is 31.9 Å². The third-order valence-electron chi connectivity index (χ3n) is 3.89. The van der Waals surface area contributed by atoms with Gasteiger partial charge in [0.15, 0.2) is 5.75 Å². The topological polar surface area (TPSA) is 69.2 Å². The van der Waals surface area contributed by atoms with E-state index in [4.69, 9.17) is 4.18 Å². The van der Waals surface area contributed by atoms with E-state index >= 15 is 0 Å². The molecule has 0 atom stereocenters. The summed E-state index contributed by atoms with van der Waals surface area (Å²) in [5.74, 6) is 0.203. The van der Waals surface area contributed by atoms with E-state index in [1.165, 1.54) is 6.07 Å². The van der Waals surface area contributed by atoms with Crippen LogP contribution in [0.25, 0.3) is 21.8 Å². The molecule has 25 heavy (non-hydrogen) atoms. The second-order valence-electron chi connectivity index (χ2n) is 5.65.